The molecule has 2 heterocycles. The Morgan fingerprint density at radius 1 is 1.21 bits per heavy atom. The molecular formula is C21H18FN5OS. The van der Waals surface area contributed by atoms with Gasteiger partial charge in [0.05, 0.1) is 5.69 Å². The molecule has 0 saturated heterocycles. The number of anilines is 1. The molecule has 0 bridgehead atoms. The number of carbonyl (C=O) groups excluding carboxylic acids is 1. The molecule has 29 heavy (non-hydrogen) atoms. The van der Waals surface area contributed by atoms with Crippen LogP contribution >= 0.6 is 11.8 Å². The number of hydrogen-bond donors (Lipinski definition) is 1. The van der Waals surface area contributed by atoms with E-state index in [1.165, 1.54) is 36.3 Å². The number of halogens is 1. The van der Waals surface area contributed by atoms with Crippen molar-refractivity contribution in [2.24, 2.45) is 0 Å². The van der Waals surface area contributed by atoms with Crippen LogP contribution in [0.3, 0.4) is 0 Å². The average Bonchev–Trinajstić information content (AvgIpc) is 3.17. The van der Waals surface area contributed by atoms with Crippen LogP contribution in [-0.2, 0) is 6.42 Å². The van der Waals surface area contributed by atoms with Gasteiger partial charge in [-0.1, -0.05) is 36.9 Å². The zero-order chi connectivity index (χ0) is 20.4. The summed E-state index contributed by atoms with van der Waals surface area (Å²) in [5.41, 5.74) is 2.87. The first-order valence-electron chi connectivity index (χ1n) is 9.10. The third kappa shape index (κ3) is 3.84. The predicted octanol–water partition coefficient (Wildman–Crippen LogP) is 4.54. The highest BCUT2D eigenvalue weighted by atomic mass is 32.2. The molecular weight excluding hydrogens is 389 g/mol. The number of hydrogen-bond acceptors (Lipinski definition) is 5. The number of carbonyl (C=O) groups is 1. The lowest BCUT2D eigenvalue weighted by atomic mass is 10.2. The second kappa shape index (κ2) is 8.00. The molecule has 4 rings (SSSR count). The van der Waals surface area contributed by atoms with E-state index in [1.807, 2.05) is 31.2 Å². The molecule has 1 amide bonds. The monoisotopic (exact) mass is 407 g/mol. The van der Waals surface area contributed by atoms with E-state index in [4.69, 9.17) is 0 Å². The molecule has 6 nitrogen and oxygen atoms in total. The van der Waals surface area contributed by atoms with Gasteiger partial charge in [-0.05, 0) is 43.7 Å². The van der Waals surface area contributed by atoms with E-state index < -0.39 is 5.82 Å². The van der Waals surface area contributed by atoms with Gasteiger partial charge in [0.1, 0.15) is 17.2 Å². The number of nitrogens with zero attached hydrogens (tertiary/aromatic N) is 4. The van der Waals surface area contributed by atoms with Gasteiger partial charge in [0, 0.05) is 21.7 Å². The third-order valence-corrected chi connectivity index (χ3v) is 5.66. The maximum absolute atomic E-state index is 13.5. The minimum absolute atomic E-state index is 0.262. The highest BCUT2D eigenvalue weighted by molar-refractivity contribution is 7.99. The summed E-state index contributed by atoms with van der Waals surface area (Å²) in [7, 11) is 0. The van der Waals surface area contributed by atoms with Gasteiger partial charge >= 0.3 is 0 Å². The van der Waals surface area contributed by atoms with Gasteiger partial charge in [-0.25, -0.2) is 9.37 Å². The van der Waals surface area contributed by atoms with E-state index in [2.05, 4.69) is 27.3 Å². The highest BCUT2D eigenvalue weighted by Crippen LogP contribution is 2.36. The van der Waals surface area contributed by atoms with Crippen molar-refractivity contribution in [2.45, 2.75) is 30.2 Å². The molecule has 0 spiro atoms. The Hall–Kier alpha value is -3.26. The van der Waals surface area contributed by atoms with E-state index in [0.717, 1.165) is 27.6 Å². The SMILES string of the molecule is CCc1c(C)nc2ncnn2c1Sc1ccccc1NC(=O)c1cccc(F)c1. The van der Waals surface area contributed by atoms with Crippen LogP contribution in [0.1, 0.15) is 28.5 Å². The predicted molar refractivity (Wildman–Crippen MR) is 110 cm³/mol. The lowest BCUT2D eigenvalue weighted by molar-refractivity contribution is 0.102. The van der Waals surface area contributed by atoms with E-state index in [-0.39, 0.29) is 11.5 Å². The van der Waals surface area contributed by atoms with Gasteiger partial charge in [0.25, 0.3) is 11.7 Å². The average molecular weight is 407 g/mol. The fraction of sp³-hybridized carbons (Fsp3) is 0.143. The van der Waals surface area contributed by atoms with Crippen LogP contribution in [0.4, 0.5) is 10.1 Å². The van der Waals surface area contributed by atoms with Crippen molar-refractivity contribution in [2.75, 3.05) is 5.32 Å². The first kappa shape index (κ1) is 19.1. The lowest BCUT2D eigenvalue weighted by Gasteiger charge is -2.14. The normalized spacial score (nSPS) is 11.0. The second-order valence-electron chi connectivity index (χ2n) is 6.37. The summed E-state index contributed by atoms with van der Waals surface area (Å²) in [5.74, 6) is -0.290. The number of fused-ring (bicyclic) bond motifs is 1. The van der Waals surface area contributed by atoms with Crippen molar-refractivity contribution >= 4 is 29.1 Å². The fourth-order valence-electron chi connectivity index (χ4n) is 3.05. The Kier molecular flexibility index (Phi) is 5.26. The van der Waals surface area contributed by atoms with Crippen molar-refractivity contribution in [1.29, 1.82) is 0 Å². The van der Waals surface area contributed by atoms with Crippen molar-refractivity contribution in [3.8, 4) is 0 Å². The number of amides is 1. The van der Waals surface area contributed by atoms with Crippen LogP contribution in [0.15, 0.2) is 64.8 Å². The molecule has 2 aromatic heterocycles. The van der Waals surface area contributed by atoms with Crippen LogP contribution in [0.25, 0.3) is 5.78 Å². The zero-order valence-corrected chi connectivity index (χ0v) is 16.7. The standard InChI is InChI=1S/C21H18FN5OS/c1-3-16-13(2)25-21-23-12-24-27(21)20(16)29-18-10-5-4-9-17(18)26-19(28)14-7-6-8-15(22)11-14/h4-12H,3H2,1-2H3,(H,26,28). The van der Waals surface area contributed by atoms with E-state index in [1.54, 1.807) is 10.6 Å². The Bertz CT molecular complexity index is 1210. The van der Waals surface area contributed by atoms with Crippen LogP contribution in [0.5, 0.6) is 0 Å². The molecule has 1 N–H and O–H groups in total. The summed E-state index contributed by atoms with van der Waals surface area (Å²) in [6.07, 6.45) is 2.26. The number of benzene rings is 2. The molecule has 0 aliphatic rings. The van der Waals surface area contributed by atoms with Gasteiger partial charge in [-0.3, -0.25) is 4.79 Å². The summed E-state index contributed by atoms with van der Waals surface area (Å²) in [4.78, 5) is 22.1. The van der Waals surface area contributed by atoms with Gasteiger partial charge in [-0.2, -0.15) is 14.6 Å². The molecule has 0 radical (unpaired) electrons. The molecule has 146 valence electrons. The summed E-state index contributed by atoms with van der Waals surface area (Å²) >= 11 is 1.49. The van der Waals surface area contributed by atoms with Gasteiger partial charge in [0.15, 0.2) is 0 Å². The Morgan fingerprint density at radius 3 is 2.83 bits per heavy atom. The Morgan fingerprint density at radius 2 is 2.03 bits per heavy atom. The number of para-hydroxylation sites is 1. The van der Waals surface area contributed by atoms with Crippen molar-refractivity contribution < 1.29 is 9.18 Å². The first-order valence-corrected chi connectivity index (χ1v) is 9.91. The first-order chi connectivity index (χ1) is 14.1. The van der Waals surface area contributed by atoms with Crippen molar-refractivity contribution in [1.82, 2.24) is 19.6 Å². The van der Waals surface area contributed by atoms with Crippen LogP contribution in [0, 0.1) is 12.7 Å². The minimum Gasteiger partial charge on any atom is -0.321 e. The summed E-state index contributed by atoms with van der Waals surface area (Å²) < 4.78 is 15.2. The smallest absolute Gasteiger partial charge is 0.255 e. The maximum Gasteiger partial charge on any atom is 0.255 e. The zero-order valence-electron chi connectivity index (χ0n) is 15.9. The molecule has 0 saturated carbocycles. The largest absolute Gasteiger partial charge is 0.321 e. The summed E-state index contributed by atoms with van der Waals surface area (Å²) in [6, 6.07) is 13.1. The molecule has 0 aliphatic heterocycles. The van der Waals surface area contributed by atoms with E-state index in [0.29, 0.717) is 11.5 Å². The molecule has 0 atom stereocenters. The Labute approximate surface area is 171 Å². The van der Waals surface area contributed by atoms with Crippen molar-refractivity contribution in [3.63, 3.8) is 0 Å². The third-order valence-electron chi connectivity index (χ3n) is 4.47. The van der Waals surface area contributed by atoms with Crippen molar-refractivity contribution in [3.05, 3.63) is 77.5 Å². The molecule has 0 unspecified atom stereocenters. The number of aryl methyl sites for hydroxylation is 1. The number of aromatic nitrogens is 4. The van der Waals surface area contributed by atoms with E-state index >= 15 is 0 Å². The van der Waals surface area contributed by atoms with Crippen LogP contribution in [0.2, 0.25) is 0 Å². The minimum atomic E-state index is -0.450. The summed E-state index contributed by atoms with van der Waals surface area (Å²) in [5, 5.41) is 8.09. The quantitative estimate of drug-likeness (QED) is 0.492. The molecule has 4 aromatic rings. The summed E-state index contributed by atoms with van der Waals surface area (Å²) in [6.45, 7) is 4.02. The van der Waals surface area contributed by atoms with Crippen LogP contribution in [-0.4, -0.2) is 25.5 Å². The van der Waals surface area contributed by atoms with Gasteiger partial charge in [-0.15, -0.1) is 0 Å². The number of rotatable bonds is 5. The Balaban J connectivity index is 1.71. The molecule has 2 aromatic carbocycles. The maximum atomic E-state index is 13.5. The molecule has 8 heteroatoms. The van der Waals surface area contributed by atoms with Gasteiger partial charge in [0.2, 0.25) is 0 Å². The van der Waals surface area contributed by atoms with Crippen LogP contribution < -0.4 is 5.32 Å². The topological polar surface area (TPSA) is 72.2 Å². The lowest BCUT2D eigenvalue weighted by Crippen LogP contribution is -2.13. The molecule has 0 aliphatic carbocycles. The van der Waals surface area contributed by atoms with E-state index in [9.17, 15) is 9.18 Å². The highest BCUT2D eigenvalue weighted by Gasteiger charge is 2.17. The fourth-order valence-corrected chi connectivity index (χ4v) is 4.27. The second-order valence-corrected chi connectivity index (χ2v) is 7.40. The van der Waals surface area contributed by atoms with Gasteiger partial charge < -0.3 is 5.32 Å². The number of nitrogens with one attached hydrogen (secondary N) is 1. The molecule has 0 fully saturated rings.